The molecular formula is C20H27N5O3. The monoisotopic (exact) mass is 385 g/mol. The van der Waals surface area contributed by atoms with Crippen molar-refractivity contribution in [3.05, 3.63) is 29.3 Å². The van der Waals surface area contributed by atoms with Gasteiger partial charge in [-0.3, -0.25) is 4.90 Å². The molecule has 3 aliphatic heterocycles. The Bertz CT molecular complexity index is 847. The van der Waals surface area contributed by atoms with Crippen molar-refractivity contribution < 1.29 is 14.2 Å². The summed E-state index contributed by atoms with van der Waals surface area (Å²) in [6.07, 6.45) is 3.66. The van der Waals surface area contributed by atoms with Gasteiger partial charge in [-0.2, -0.15) is 0 Å². The lowest BCUT2D eigenvalue weighted by atomic mass is 10.0. The van der Waals surface area contributed by atoms with Gasteiger partial charge >= 0.3 is 0 Å². The van der Waals surface area contributed by atoms with Gasteiger partial charge in [0.1, 0.15) is 30.6 Å². The van der Waals surface area contributed by atoms with E-state index >= 15 is 0 Å². The lowest BCUT2D eigenvalue weighted by molar-refractivity contribution is 0.169. The lowest BCUT2D eigenvalue weighted by Gasteiger charge is -2.30. The molecule has 0 spiro atoms. The van der Waals surface area contributed by atoms with Gasteiger partial charge in [-0.15, -0.1) is 10.2 Å². The zero-order valence-corrected chi connectivity index (χ0v) is 16.3. The molecule has 28 heavy (non-hydrogen) atoms. The van der Waals surface area contributed by atoms with Crippen LogP contribution in [-0.4, -0.2) is 53.1 Å². The van der Waals surface area contributed by atoms with Crippen LogP contribution in [0.1, 0.15) is 42.5 Å². The minimum absolute atomic E-state index is 0.347. The van der Waals surface area contributed by atoms with Crippen LogP contribution in [-0.2, 0) is 19.6 Å². The lowest BCUT2D eigenvalue weighted by Crippen LogP contribution is -2.36. The second-order valence-corrected chi connectivity index (χ2v) is 7.65. The highest BCUT2D eigenvalue weighted by Gasteiger charge is 2.27. The standard InChI is InChI=1S/C20H27N5O3/c1-26-16-11-18-17(27-8-9-28-18)10-14(16)12-24-6-7-25-19(13-24)22-23-20(25)15-4-2-3-5-21-15/h10-11,15,21H,2-9,12-13H2,1H3/t15-/m1/s1. The molecule has 0 radical (unpaired) electrons. The zero-order chi connectivity index (χ0) is 18.9. The fourth-order valence-corrected chi connectivity index (χ4v) is 4.36. The molecule has 0 unspecified atom stereocenters. The second-order valence-electron chi connectivity index (χ2n) is 7.65. The minimum atomic E-state index is 0.347. The summed E-state index contributed by atoms with van der Waals surface area (Å²) in [6.45, 7) is 5.69. The van der Waals surface area contributed by atoms with Gasteiger partial charge in [0.05, 0.1) is 19.7 Å². The molecule has 0 aliphatic carbocycles. The second kappa shape index (κ2) is 7.60. The van der Waals surface area contributed by atoms with Crippen molar-refractivity contribution in [3.8, 4) is 17.2 Å². The molecule has 4 heterocycles. The predicted molar refractivity (Wildman–Crippen MR) is 103 cm³/mol. The number of hydrogen-bond donors (Lipinski definition) is 1. The highest BCUT2D eigenvalue weighted by molar-refractivity contribution is 5.51. The summed E-state index contributed by atoms with van der Waals surface area (Å²) in [6, 6.07) is 4.33. The normalized spacial score (nSPS) is 22.0. The van der Waals surface area contributed by atoms with E-state index in [2.05, 4.69) is 25.0 Å². The first kappa shape index (κ1) is 17.8. The van der Waals surface area contributed by atoms with Gasteiger partial charge in [0.2, 0.25) is 0 Å². The smallest absolute Gasteiger partial charge is 0.165 e. The van der Waals surface area contributed by atoms with Crippen LogP contribution in [0.3, 0.4) is 0 Å². The summed E-state index contributed by atoms with van der Waals surface area (Å²) in [5.41, 5.74) is 1.11. The molecule has 0 bridgehead atoms. The van der Waals surface area contributed by atoms with Crippen LogP contribution in [0.2, 0.25) is 0 Å². The van der Waals surface area contributed by atoms with Gasteiger partial charge in [0.25, 0.3) is 0 Å². The molecule has 5 rings (SSSR count). The zero-order valence-electron chi connectivity index (χ0n) is 16.3. The van der Waals surface area contributed by atoms with Crippen molar-refractivity contribution in [1.82, 2.24) is 25.0 Å². The molecule has 0 amide bonds. The van der Waals surface area contributed by atoms with Crippen molar-refractivity contribution >= 4 is 0 Å². The number of aromatic nitrogens is 3. The third kappa shape index (κ3) is 3.31. The van der Waals surface area contributed by atoms with Gasteiger partial charge in [-0.05, 0) is 25.5 Å². The molecule has 1 aromatic heterocycles. The Balaban J connectivity index is 1.33. The van der Waals surface area contributed by atoms with Crippen LogP contribution in [0.15, 0.2) is 12.1 Å². The molecule has 150 valence electrons. The molecule has 1 aromatic carbocycles. The molecule has 8 heteroatoms. The molecule has 1 fully saturated rings. The largest absolute Gasteiger partial charge is 0.496 e. The molecule has 1 N–H and O–H groups in total. The number of ether oxygens (including phenoxy) is 3. The van der Waals surface area contributed by atoms with Gasteiger partial charge in [0.15, 0.2) is 11.5 Å². The van der Waals surface area contributed by atoms with Crippen LogP contribution < -0.4 is 19.5 Å². The van der Waals surface area contributed by atoms with E-state index in [9.17, 15) is 0 Å². The average molecular weight is 385 g/mol. The fourth-order valence-electron chi connectivity index (χ4n) is 4.36. The Labute approximate surface area is 164 Å². The maximum Gasteiger partial charge on any atom is 0.165 e. The van der Waals surface area contributed by atoms with E-state index in [1.54, 1.807) is 7.11 Å². The molecule has 3 aliphatic rings. The van der Waals surface area contributed by atoms with Crippen LogP contribution in [0.25, 0.3) is 0 Å². The topological polar surface area (TPSA) is 73.7 Å². The Morgan fingerprint density at radius 2 is 2.00 bits per heavy atom. The summed E-state index contributed by atoms with van der Waals surface area (Å²) in [7, 11) is 1.70. The van der Waals surface area contributed by atoms with Crippen molar-refractivity contribution in [2.24, 2.45) is 0 Å². The summed E-state index contributed by atoms with van der Waals surface area (Å²) in [5.74, 6) is 4.54. The van der Waals surface area contributed by atoms with E-state index in [0.717, 1.165) is 73.6 Å². The molecule has 1 atom stereocenters. The molecule has 0 saturated carbocycles. The van der Waals surface area contributed by atoms with Crippen molar-refractivity contribution in [2.75, 3.05) is 33.4 Å². The molecule has 2 aromatic rings. The van der Waals surface area contributed by atoms with Crippen molar-refractivity contribution in [3.63, 3.8) is 0 Å². The molecule has 8 nitrogen and oxygen atoms in total. The predicted octanol–water partition coefficient (Wildman–Crippen LogP) is 1.89. The summed E-state index contributed by atoms with van der Waals surface area (Å²) >= 11 is 0. The number of nitrogens with zero attached hydrogens (tertiary/aromatic N) is 4. The number of methoxy groups -OCH3 is 1. The van der Waals surface area contributed by atoms with E-state index < -0.39 is 0 Å². The van der Waals surface area contributed by atoms with Gasteiger partial charge in [-0.25, -0.2) is 0 Å². The maximum atomic E-state index is 5.75. The van der Waals surface area contributed by atoms with Crippen LogP contribution >= 0.6 is 0 Å². The number of hydrogen-bond acceptors (Lipinski definition) is 7. The van der Waals surface area contributed by atoms with E-state index in [1.165, 1.54) is 12.8 Å². The highest BCUT2D eigenvalue weighted by atomic mass is 16.6. The summed E-state index contributed by atoms with van der Waals surface area (Å²) in [5, 5.41) is 12.6. The first-order valence-corrected chi connectivity index (χ1v) is 10.2. The first-order chi connectivity index (χ1) is 13.8. The number of fused-ring (bicyclic) bond motifs is 2. The Morgan fingerprint density at radius 3 is 2.79 bits per heavy atom. The van der Waals surface area contributed by atoms with Crippen LogP contribution in [0.4, 0.5) is 0 Å². The number of rotatable bonds is 4. The minimum Gasteiger partial charge on any atom is -0.496 e. The highest BCUT2D eigenvalue weighted by Crippen LogP contribution is 2.37. The quantitative estimate of drug-likeness (QED) is 0.861. The Hall–Kier alpha value is -2.32. The first-order valence-electron chi connectivity index (χ1n) is 10.2. The SMILES string of the molecule is COc1cc2c(cc1CN1CCn3c(nnc3[C@H]3CCCCN3)C1)OCCO2. The van der Waals surface area contributed by atoms with Gasteiger partial charge < -0.3 is 24.1 Å². The number of piperidine rings is 1. The van der Waals surface area contributed by atoms with E-state index in [1.807, 2.05) is 12.1 Å². The summed E-state index contributed by atoms with van der Waals surface area (Å²) in [4.78, 5) is 2.38. The van der Waals surface area contributed by atoms with Gasteiger partial charge in [0, 0.05) is 31.3 Å². The van der Waals surface area contributed by atoms with Gasteiger partial charge in [-0.1, -0.05) is 6.42 Å². The van der Waals surface area contributed by atoms with E-state index in [4.69, 9.17) is 14.2 Å². The van der Waals surface area contributed by atoms with Crippen LogP contribution in [0.5, 0.6) is 17.2 Å². The molecular weight excluding hydrogens is 358 g/mol. The Kier molecular flexibility index (Phi) is 4.82. The third-order valence-corrected chi connectivity index (χ3v) is 5.82. The average Bonchev–Trinajstić information content (AvgIpc) is 3.17. The summed E-state index contributed by atoms with van der Waals surface area (Å²) < 4.78 is 19.3. The number of benzene rings is 1. The van der Waals surface area contributed by atoms with E-state index in [-0.39, 0.29) is 0 Å². The maximum absolute atomic E-state index is 5.75. The molecule has 1 saturated heterocycles. The van der Waals surface area contributed by atoms with E-state index in [0.29, 0.717) is 19.3 Å². The van der Waals surface area contributed by atoms with Crippen molar-refractivity contribution in [1.29, 1.82) is 0 Å². The van der Waals surface area contributed by atoms with Crippen LogP contribution in [0, 0.1) is 0 Å². The third-order valence-electron chi connectivity index (χ3n) is 5.82. The van der Waals surface area contributed by atoms with Crippen molar-refractivity contribution in [2.45, 2.75) is 44.9 Å². The fraction of sp³-hybridized carbons (Fsp3) is 0.600. The number of nitrogens with one attached hydrogen (secondary N) is 1. The Morgan fingerprint density at radius 1 is 1.14 bits per heavy atom.